The van der Waals surface area contributed by atoms with Crippen LogP contribution in [0.1, 0.15) is 41.6 Å². The number of rotatable bonds is 4. The first-order valence-electron chi connectivity index (χ1n) is 8.03. The van der Waals surface area contributed by atoms with Gasteiger partial charge < -0.3 is 9.84 Å². The number of hydrogen-bond acceptors (Lipinski definition) is 2. The Labute approximate surface area is 133 Å². The summed E-state index contributed by atoms with van der Waals surface area (Å²) in [5, 5.41) is 9.91. The lowest BCUT2D eigenvalue weighted by molar-refractivity contribution is 0.207. The molecule has 22 heavy (non-hydrogen) atoms. The summed E-state index contributed by atoms with van der Waals surface area (Å²) in [5.74, 6) is 2.92. The van der Waals surface area contributed by atoms with E-state index in [0.29, 0.717) is 5.75 Å². The van der Waals surface area contributed by atoms with E-state index in [1.54, 1.807) is 6.07 Å². The smallest absolute Gasteiger partial charge is 0.124 e. The normalized spacial score (nSPS) is 25.8. The molecule has 0 heterocycles. The van der Waals surface area contributed by atoms with Crippen molar-refractivity contribution in [2.75, 3.05) is 6.16 Å². The second kappa shape index (κ2) is 5.59. The Bertz CT molecular complexity index is 680. The molecule has 4 atom stereocenters. The van der Waals surface area contributed by atoms with Gasteiger partial charge in [0.2, 0.25) is 0 Å². The van der Waals surface area contributed by atoms with Gasteiger partial charge >= 0.3 is 0 Å². The molecule has 0 aromatic heterocycles. The van der Waals surface area contributed by atoms with Crippen LogP contribution < -0.4 is 4.74 Å². The van der Waals surface area contributed by atoms with Crippen LogP contribution in [0.5, 0.6) is 11.5 Å². The van der Waals surface area contributed by atoms with Gasteiger partial charge in [0.15, 0.2) is 0 Å². The van der Waals surface area contributed by atoms with Crippen LogP contribution in [0, 0.1) is 5.92 Å². The number of phenolic OH excluding ortho intramolecular Hbond substituents is 1. The Morgan fingerprint density at radius 1 is 1.14 bits per heavy atom. The van der Waals surface area contributed by atoms with Crippen molar-refractivity contribution in [3.63, 3.8) is 0 Å². The summed E-state index contributed by atoms with van der Waals surface area (Å²) in [6.07, 6.45) is 4.41. The van der Waals surface area contributed by atoms with E-state index in [4.69, 9.17) is 4.74 Å². The van der Waals surface area contributed by atoms with Crippen molar-refractivity contribution >= 4 is 9.24 Å². The topological polar surface area (TPSA) is 29.5 Å². The molecule has 1 fully saturated rings. The molecule has 0 bridgehead atoms. The number of ether oxygens (including phenoxy) is 1. The third-order valence-corrected chi connectivity index (χ3v) is 5.61. The highest BCUT2D eigenvalue weighted by molar-refractivity contribution is 7.16. The van der Waals surface area contributed by atoms with Crippen molar-refractivity contribution in [2.24, 2.45) is 5.92 Å². The van der Waals surface area contributed by atoms with Crippen LogP contribution in [0.4, 0.5) is 0 Å². The molecule has 2 nitrogen and oxygen atoms in total. The number of aromatic hydroxyl groups is 1. The molecular weight excluding hydrogens is 291 g/mol. The first-order chi connectivity index (χ1) is 10.8. The molecule has 2 aromatic rings. The van der Waals surface area contributed by atoms with Gasteiger partial charge in [0, 0.05) is 5.56 Å². The van der Waals surface area contributed by atoms with Gasteiger partial charge in [-0.25, -0.2) is 0 Å². The molecule has 0 saturated heterocycles. The minimum atomic E-state index is 0.0636. The minimum Gasteiger partial charge on any atom is -0.508 e. The lowest BCUT2D eigenvalue weighted by Gasteiger charge is -2.15. The first-order valence-corrected chi connectivity index (χ1v) is 8.85. The van der Waals surface area contributed by atoms with Gasteiger partial charge in [0.05, 0.1) is 0 Å². The standard InChI is InChI=1S/C19H21O2P/c20-18-3-1-2-16-15(18)8-9-19(16)21-14-6-4-12(5-7-14)17-10-13(17)11-22/h1-7,13,17,19-20H,8-11,22H2. The molecule has 1 N–H and O–H groups in total. The first kappa shape index (κ1) is 14.1. The summed E-state index contributed by atoms with van der Waals surface area (Å²) in [6, 6.07) is 14.3. The highest BCUT2D eigenvalue weighted by atomic mass is 31.0. The average Bonchev–Trinajstić information content (AvgIpc) is 3.23. The molecule has 3 heteroatoms. The van der Waals surface area contributed by atoms with Crippen LogP contribution >= 0.6 is 9.24 Å². The van der Waals surface area contributed by atoms with E-state index in [9.17, 15) is 5.11 Å². The number of benzene rings is 2. The Kier molecular flexibility index (Phi) is 3.58. The molecule has 0 radical (unpaired) electrons. The van der Waals surface area contributed by atoms with Crippen molar-refractivity contribution in [1.29, 1.82) is 0 Å². The third-order valence-electron chi connectivity index (χ3n) is 5.00. The molecule has 1 saturated carbocycles. The number of hydrogen-bond donors (Lipinski definition) is 1. The van der Waals surface area contributed by atoms with Crippen LogP contribution in [-0.4, -0.2) is 11.3 Å². The molecule has 114 valence electrons. The highest BCUT2D eigenvalue weighted by Crippen LogP contribution is 2.48. The Morgan fingerprint density at radius 3 is 2.68 bits per heavy atom. The summed E-state index contributed by atoms with van der Waals surface area (Å²) in [4.78, 5) is 0. The quantitative estimate of drug-likeness (QED) is 0.846. The van der Waals surface area contributed by atoms with Gasteiger partial charge in [-0.05, 0) is 66.6 Å². The monoisotopic (exact) mass is 312 g/mol. The Hall–Kier alpha value is -1.53. The molecule has 2 aliphatic carbocycles. The summed E-state index contributed by atoms with van der Waals surface area (Å²) >= 11 is 0. The summed E-state index contributed by atoms with van der Waals surface area (Å²) in [7, 11) is 2.85. The van der Waals surface area contributed by atoms with Crippen molar-refractivity contribution < 1.29 is 9.84 Å². The average molecular weight is 312 g/mol. The maximum Gasteiger partial charge on any atom is 0.124 e. The van der Waals surface area contributed by atoms with Gasteiger partial charge in [-0.15, -0.1) is 9.24 Å². The van der Waals surface area contributed by atoms with Crippen LogP contribution in [0.2, 0.25) is 0 Å². The second-order valence-corrected chi connectivity index (χ2v) is 6.87. The van der Waals surface area contributed by atoms with Crippen LogP contribution in [-0.2, 0) is 6.42 Å². The molecule has 4 unspecified atom stereocenters. The van der Waals surface area contributed by atoms with Crippen molar-refractivity contribution in [3.8, 4) is 11.5 Å². The fraction of sp³-hybridized carbons (Fsp3) is 0.368. The zero-order valence-electron chi connectivity index (χ0n) is 12.5. The Morgan fingerprint density at radius 2 is 1.95 bits per heavy atom. The maximum atomic E-state index is 9.91. The predicted octanol–water partition coefficient (Wildman–Crippen LogP) is 4.44. The van der Waals surface area contributed by atoms with Crippen molar-refractivity contribution in [3.05, 3.63) is 59.2 Å². The van der Waals surface area contributed by atoms with E-state index in [1.807, 2.05) is 6.07 Å². The zero-order valence-corrected chi connectivity index (χ0v) is 13.7. The summed E-state index contributed by atoms with van der Waals surface area (Å²) < 4.78 is 6.15. The SMILES string of the molecule is Oc1cccc2c1CCC2Oc1ccc(C2CC2CP)cc1. The van der Waals surface area contributed by atoms with Crippen LogP contribution in [0.25, 0.3) is 0 Å². The van der Waals surface area contributed by atoms with E-state index in [1.165, 1.54) is 18.1 Å². The summed E-state index contributed by atoms with van der Waals surface area (Å²) in [5.41, 5.74) is 3.61. The second-order valence-electron chi connectivity index (χ2n) is 6.40. The van der Waals surface area contributed by atoms with Crippen LogP contribution in [0.3, 0.4) is 0 Å². The largest absolute Gasteiger partial charge is 0.508 e. The van der Waals surface area contributed by atoms with E-state index in [-0.39, 0.29) is 6.10 Å². The predicted molar refractivity (Wildman–Crippen MR) is 91.7 cm³/mol. The fourth-order valence-corrected chi connectivity index (χ4v) is 4.11. The maximum absolute atomic E-state index is 9.91. The summed E-state index contributed by atoms with van der Waals surface area (Å²) in [6.45, 7) is 0. The molecule has 0 aliphatic heterocycles. The van der Waals surface area contributed by atoms with E-state index < -0.39 is 0 Å². The van der Waals surface area contributed by atoms with Crippen LogP contribution in [0.15, 0.2) is 42.5 Å². The number of phenols is 1. The van der Waals surface area contributed by atoms with Gasteiger partial charge in [0.1, 0.15) is 17.6 Å². The van der Waals surface area contributed by atoms with Gasteiger partial charge in [-0.3, -0.25) is 0 Å². The molecule has 4 rings (SSSR count). The molecule has 2 aromatic carbocycles. The van der Waals surface area contributed by atoms with Crippen molar-refractivity contribution in [2.45, 2.75) is 31.3 Å². The highest BCUT2D eigenvalue weighted by Gasteiger charge is 2.36. The van der Waals surface area contributed by atoms with Gasteiger partial charge in [-0.2, -0.15) is 0 Å². The van der Waals surface area contributed by atoms with Gasteiger partial charge in [0.25, 0.3) is 0 Å². The molecular formula is C19H21O2P. The third kappa shape index (κ3) is 2.50. The lowest BCUT2D eigenvalue weighted by atomic mass is 10.1. The lowest BCUT2D eigenvalue weighted by Crippen LogP contribution is -2.03. The molecule has 2 aliphatic rings. The van der Waals surface area contributed by atoms with E-state index >= 15 is 0 Å². The fourth-order valence-electron chi connectivity index (χ4n) is 3.59. The molecule has 0 spiro atoms. The number of fused-ring (bicyclic) bond motifs is 1. The zero-order chi connectivity index (χ0) is 15.1. The van der Waals surface area contributed by atoms with E-state index in [0.717, 1.165) is 41.6 Å². The molecule has 0 amide bonds. The minimum absolute atomic E-state index is 0.0636. The Balaban J connectivity index is 1.48. The van der Waals surface area contributed by atoms with Gasteiger partial charge in [-0.1, -0.05) is 24.3 Å². The van der Waals surface area contributed by atoms with Crippen molar-refractivity contribution in [1.82, 2.24) is 0 Å². The van der Waals surface area contributed by atoms with E-state index in [2.05, 4.69) is 39.6 Å².